The van der Waals surface area contributed by atoms with Crippen LogP contribution in [-0.2, 0) is 0 Å². The van der Waals surface area contributed by atoms with E-state index < -0.39 is 0 Å². The van der Waals surface area contributed by atoms with Gasteiger partial charge in [0.25, 0.3) is 0 Å². The van der Waals surface area contributed by atoms with Crippen LogP contribution in [0, 0.1) is 0 Å². The summed E-state index contributed by atoms with van der Waals surface area (Å²) in [6.45, 7) is 14.4. The van der Waals surface area contributed by atoms with E-state index in [0.717, 1.165) is 0 Å². The minimum atomic E-state index is 0.0624. The van der Waals surface area contributed by atoms with Crippen LogP contribution in [0.5, 0.6) is 0 Å². The maximum Gasteiger partial charge on any atom is 0.239 e. The van der Waals surface area contributed by atoms with Crippen LogP contribution in [0.4, 0.5) is 11.9 Å². The maximum absolute atomic E-state index is 5.81. The zero-order valence-corrected chi connectivity index (χ0v) is 10.0. The van der Waals surface area contributed by atoms with Gasteiger partial charge < -0.3 is 0 Å². The Hall–Kier alpha value is -2.14. The number of rotatable bonds is 6. The molecule has 0 aliphatic heterocycles. The summed E-state index contributed by atoms with van der Waals surface area (Å²) in [6.07, 6.45) is 6.03. The Morgan fingerprint density at radius 1 is 0.765 bits per heavy atom. The van der Waals surface area contributed by atoms with Crippen LogP contribution in [0.1, 0.15) is 0 Å². The van der Waals surface area contributed by atoms with Crippen molar-refractivity contribution >= 4 is 23.5 Å². The van der Waals surface area contributed by atoms with E-state index in [-0.39, 0.29) is 5.28 Å². The third-order valence-corrected chi connectivity index (χ3v) is 2.00. The van der Waals surface area contributed by atoms with Crippen LogP contribution < -0.4 is 9.80 Å². The molecule has 5 nitrogen and oxygen atoms in total. The first-order valence-corrected chi connectivity index (χ1v) is 5.02. The lowest BCUT2D eigenvalue weighted by atomic mass is 10.6. The third kappa shape index (κ3) is 2.92. The lowest BCUT2D eigenvalue weighted by Gasteiger charge is -2.16. The van der Waals surface area contributed by atoms with E-state index >= 15 is 0 Å². The van der Waals surface area contributed by atoms with E-state index in [2.05, 4.69) is 41.3 Å². The molecule has 0 N–H and O–H groups in total. The zero-order chi connectivity index (χ0) is 12.8. The predicted molar refractivity (Wildman–Crippen MR) is 70.6 cm³/mol. The highest BCUT2D eigenvalue weighted by Gasteiger charge is 2.10. The van der Waals surface area contributed by atoms with Gasteiger partial charge in [-0.2, -0.15) is 15.0 Å². The topological polar surface area (TPSA) is 45.2 Å². The molecule has 17 heavy (non-hydrogen) atoms. The van der Waals surface area contributed by atoms with Gasteiger partial charge in [0.05, 0.1) is 0 Å². The van der Waals surface area contributed by atoms with Crippen molar-refractivity contribution in [3.63, 3.8) is 0 Å². The molecule has 1 aromatic heterocycles. The number of hydrogen-bond donors (Lipinski definition) is 0. The summed E-state index contributed by atoms with van der Waals surface area (Å²) in [5.41, 5.74) is 0. The van der Waals surface area contributed by atoms with Crippen molar-refractivity contribution in [1.29, 1.82) is 0 Å². The standard InChI is InChI=1S/C11H12ClN5/c1-5-16(6-2)10-13-9(12)14-11(15-10)17(7-3)8-4/h5-8H,1-4H2. The molecule has 0 amide bonds. The summed E-state index contributed by atoms with van der Waals surface area (Å²) in [7, 11) is 0. The zero-order valence-electron chi connectivity index (χ0n) is 9.25. The molecular formula is C11H12ClN5. The second kappa shape index (κ2) is 5.81. The van der Waals surface area contributed by atoms with Gasteiger partial charge >= 0.3 is 0 Å². The number of nitrogens with zero attached hydrogens (tertiary/aromatic N) is 5. The van der Waals surface area contributed by atoms with Crippen molar-refractivity contribution in [1.82, 2.24) is 15.0 Å². The Labute approximate surface area is 105 Å². The first kappa shape index (κ1) is 12.9. The van der Waals surface area contributed by atoms with Crippen LogP contribution in [0.15, 0.2) is 51.1 Å². The minimum absolute atomic E-state index is 0.0624. The number of halogens is 1. The molecule has 0 atom stereocenters. The summed E-state index contributed by atoms with van der Waals surface area (Å²) in [4.78, 5) is 15.1. The van der Waals surface area contributed by atoms with Crippen molar-refractivity contribution in [3.05, 3.63) is 56.4 Å². The van der Waals surface area contributed by atoms with Gasteiger partial charge in [-0.1, -0.05) is 26.3 Å². The molecule has 1 heterocycles. The molecule has 88 valence electrons. The quantitative estimate of drug-likeness (QED) is 0.776. The van der Waals surface area contributed by atoms with Crippen molar-refractivity contribution < 1.29 is 0 Å². The van der Waals surface area contributed by atoms with Crippen LogP contribution in [0.25, 0.3) is 0 Å². The largest absolute Gasteiger partial charge is 0.294 e. The summed E-state index contributed by atoms with van der Waals surface area (Å²) in [5, 5.41) is 0.0624. The van der Waals surface area contributed by atoms with Gasteiger partial charge in [-0.25, -0.2) is 0 Å². The summed E-state index contributed by atoms with van der Waals surface area (Å²) in [5.74, 6) is 0.636. The molecule has 0 saturated heterocycles. The van der Waals surface area contributed by atoms with Gasteiger partial charge in [0.2, 0.25) is 17.2 Å². The average Bonchev–Trinajstić information content (AvgIpc) is 2.31. The molecule has 0 aromatic carbocycles. The number of anilines is 2. The molecule has 6 heteroatoms. The van der Waals surface area contributed by atoms with Crippen LogP contribution >= 0.6 is 11.6 Å². The average molecular weight is 250 g/mol. The van der Waals surface area contributed by atoms with Gasteiger partial charge in [0.15, 0.2) is 0 Å². The normalized spacial score (nSPS) is 9.24. The molecule has 0 saturated carbocycles. The van der Waals surface area contributed by atoms with Gasteiger partial charge in [-0.05, 0) is 11.6 Å². The molecule has 0 bridgehead atoms. The van der Waals surface area contributed by atoms with E-state index in [0.29, 0.717) is 11.9 Å². The van der Waals surface area contributed by atoms with Crippen molar-refractivity contribution in [2.45, 2.75) is 0 Å². The van der Waals surface area contributed by atoms with E-state index in [4.69, 9.17) is 11.6 Å². The fourth-order valence-electron chi connectivity index (χ4n) is 1.04. The molecule has 0 radical (unpaired) electrons. The minimum Gasteiger partial charge on any atom is -0.294 e. The summed E-state index contributed by atoms with van der Waals surface area (Å²) in [6, 6.07) is 0. The third-order valence-electron chi connectivity index (χ3n) is 1.83. The van der Waals surface area contributed by atoms with Gasteiger partial charge in [-0.3, -0.25) is 9.80 Å². The monoisotopic (exact) mass is 249 g/mol. The first-order chi connectivity index (χ1) is 8.15. The van der Waals surface area contributed by atoms with Gasteiger partial charge in [-0.15, -0.1) is 0 Å². The lowest BCUT2D eigenvalue weighted by molar-refractivity contribution is 0.976. The molecule has 1 rings (SSSR count). The first-order valence-electron chi connectivity index (χ1n) is 4.64. The fraction of sp³-hybridized carbons (Fsp3) is 0. The molecular weight excluding hydrogens is 238 g/mol. The van der Waals surface area contributed by atoms with E-state index in [9.17, 15) is 0 Å². The van der Waals surface area contributed by atoms with Crippen LogP contribution in [0.2, 0.25) is 5.28 Å². The SMILES string of the molecule is C=CN(C=C)c1nc(Cl)nc(N(C=C)C=C)n1. The molecule has 1 aromatic rings. The Balaban J connectivity index is 3.26. The van der Waals surface area contributed by atoms with Crippen molar-refractivity contribution in [2.75, 3.05) is 9.80 Å². The van der Waals surface area contributed by atoms with E-state index in [1.807, 2.05) is 0 Å². The van der Waals surface area contributed by atoms with Gasteiger partial charge in [0, 0.05) is 24.8 Å². The van der Waals surface area contributed by atoms with Crippen molar-refractivity contribution in [3.8, 4) is 0 Å². The smallest absolute Gasteiger partial charge is 0.239 e. The highest BCUT2D eigenvalue weighted by Crippen LogP contribution is 2.17. The van der Waals surface area contributed by atoms with Crippen LogP contribution in [0.3, 0.4) is 0 Å². The lowest BCUT2D eigenvalue weighted by Crippen LogP contribution is -2.15. The number of aromatic nitrogens is 3. The summed E-state index contributed by atoms with van der Waals surface area (Å²) < 4.78 is 0. The molecule has 0 aliphatic rings. The highest BCUT2D eigenvalue weighted by atomic mass is 35.5. The second-order valence-corrected chi connectivity index (χ2v) is 3.09. The molecule has 0 fully saturated rings. The Morgan fingerprint density at radius 3 is 1.41 bits per heavy atom. The molecule has 0 spiro atoms. The predicted octanol–water partition coefficient (Wildman–Crippen LogP) is 2.71. The molecule has 0 aliphatic carbocycles. The maximum atomic E-state index is 5.81. The Bertz CT molecular complexity index is 403. The van der Waals surface area contributed by atoms with Crippen molar-refractivity contribution in [2.24, 2.45) is 0 Å². The Kier molecular flexibility index (Phi) is 4.42. The van der Waals surface area contributed by atoms with E-state index in [1.54, 1.807) is 0 Å². The fourth-order valence-corrected chi connectivity index (χ4v) is 1.19. The number of hydrogen-bond acceptors (Lipinski definition) is 5. The van der Waals surface area contributed by atoms with E-state index in [1.165, 1.54) is 34.6 Å². The molecule has 0 unspecified atom stereocenters. The second-order valence-electron chi connectivity index (χ2n) is 2.75. The Morgan fingerprint density at radius 2 is 1.12 bits per heavy atom. The summed E-state index contributed by atoms with van der Waals surface area (Å²) >= 11 is 5.81. The highest BCUT2D eigenvalue weighted by molar-refractivity contribution is 6.28. The van der Waals surface area contributed by atoms with Crippen LogP contribution in [-0.4, -0.2) is 15.0 Å². The van der Waals surface area contributed by atoms with Gasteiger partial charge in [0.1, 0.15) is 0 Å².